The maximum absolute atomic E-state index is 14.3. The van der Waals surface area contributed by atoms with E-state index in [-0.39, 0.29) is 23.5 Å². The Bertz CT molecular complexity index is 1050. The highest BCUT2D eigenvalue weighted by molar-refractivity contribution is 7.99. The van der Waals surface area contributed by atoms with Gasteiger partial charge in [0.1, 0.15) is 11.6 Å². The number of carbonyl (C=O) groups is 1. The summed E-state index contributed by atoms with van der Waals surface area (Å²) in [6, 6.07) is 9.06. The summed E-state index contributed by atoms with van der Waals surface area (Å²) >= 11 is 1.33. The number of nitrogens with zero attached hydrogens (tertiary/aromatic N) is 5. The first-order valence-electron chi connectivity index (χ1n) is 10.4. The van der Waals surface area contributed by atoms with Gasteiger partial charge >= 0.3 is 0 Å². The molecule has 0 unspecified atom stereocenters. The molecule has 5 rings (SSSR count). The predicted molar refractivity (Wildman–Crippen MR) is 113 cm³/mol. The summed E-state index contributed by atoms with van der Waals surface area (Å²) in [5.41, 5.74) is 0.439. The zero-order chi connectivity index (χ0) is 20.5. The van der Waals surface area contributed by atoms with Crippen molar-refractivity contribution >= 4 is 23.5 Å². The first kappa shape index (κ1) is 19.3. The number of halogens is 1. The minimum Gasteiger partial charge on any atom is -0.310 e. The van der Waals surface area contributed by atoms with Crippen LogP contribution in [0.15, 0.2) is 41.7 Å². The summed E-state index contributed by atoms with van der Waals surface area (Å²) in [5, 5.41) is 16.5. The number of anilines is 1. The van der Waals surface area contributed by atoms with Gasteiger partial charge in [0.05, 0.1) is 23.6 Å². The molecule has 2 heterocycles. The molecule has 2 fully saturated rings. The Kier molecular flexibility index (Phi) is 5.28. The maximum Gasteiger partial charge on any atom is 0.235 e. The van der Waals surface area contributed by atoms with Crippen LogP contribution in [0.4, 0.5) is 10.2 Å². The third-order valence-corrected chi connectivity index (χ3v) is 6.58. The third-order valence-electron chi connectivity index (χ3n) is 5.63. The average Bonchev–Trinajstić information content (AvgIpc) is 3.12. The van der Waals surface area contributed by atoms with Crippen molar-refractivity contribution in [1.82, 2.24) is 24.5 Å². The van der Waals surface area contributed by atoms with E-state index in [1.807, 2.05) is 15.3 Å². The molecule has 0 bridgehead atoms. The van der Waals surface area contributed by atoms with Gasteiger partial charge in [0.2, 0.25) is 5.91 Å². The Morgan fingerprint density at radius 2 is 1.90 bits per heavy atom. The van der Waals surface area contributed by atoms with Gasteiger partial charge in [-0.25, -0.2) is 9.07 Å². The standard InChI is InChI=1S/C21H23FN6OS/c22-17-8-4-3-7-16(17)20-25-26-21(27(20)14-9-10-14)30-13-19(29)24-18-11-12-23-28(18)15-5-1-2-6-15/h3-4,7-8,11-12,14-15H,1-2,5-6,9-10,13H2,(H,24,29). The molecular formula is C21H23FN6OS. The van der Waals surface area contributed by atoms with Crippen molar-refractivity contribution in [3.05, 3.63) is 42.3 Å². The first-order chi connectivity index (χ1) is 14.7. The van der Waals surface area contributed by atoms with Crippen molar-refractivity contribution in [3.63, 3.8) is 0 Å². The lowest BCUT2D eigenvalue weighted by atomic mass is 10.2. The van der Waals surface area contributed by atoms with Crippen LogP contribution >= 0.6 is 11.8 Å². The van der Waals surface area contributed by atoms with Gasteiger partial charge in [0.25, 0.3) is 0 Å². The SMILES string of the molecule is O=C(CSc1nnc(-c2ccccc2F)n1C1CC1)Nc1ccnn1C1CCCC1. The number of benzene rings is 1. The van der Waals surface area contributed by atoms with Crippen LogP contribution in [-0.4, -0.2) is 36.2 Å². The number of carbonyl (C=O) groups excluding carboxylic acids is 1. The van der Waals surface area contributed by atoms with Gasteiger partial charge in [-0.3, -0.25) is 9.36 Å². The smallest absolute Gasteiger partial charge is 0.235 e. The van der Waals surface area contributed by atoms with Crippen LogP contribution in [0.5, 0.6) is 0 Å². The lowest BCUT2D eigenvalue weighted by Crippen LogP contribution is -2.19. The van der Waals surface area contributed by atoms with E-state index < -0.39 is 0 Å². The van der Waals surface area contributed by atoms with Gasteiger partial charge in [0, 0.05) is 12.1 Å². The molecule has 1 N–H and O–H groups in total. The van der Waals surface area contributed by atoms with Crippen molar-refractivity contribution in [3.8, 4) is 11.4 Å². The van der Waals surface area contributed by atoms with E-state index in [9.17, 15) is 9.18 Å². The van der Waals surface area contributed by atoms with Crippen LogP contribution in [0, 0.1) is 5.82 Å². The van der Waals surface area contributed by atoms with Gasteiger partial charge in [-0.05, 0) is 37.8 Å². The summed E-state index contributed by atoms with van der Waals surface area (Å²) in [4.78, 5) is 12.6. The zero-order valence-electron chi connectivity index (χ0n) is 16.5. The van der Waals surface area contributed by atoms with E-state index in [4.69, 9.17) is 0 Å². The van der Waals surface area contributed by atoms with Crippen LogP contribution in [0.1, 0.15) is 50.6 Å². The zero-order valence-corrected chi connectivity index (χ0v) is 17.3. The molecule has 0 saturated heterocycles. The summed E-state index contributed by atoms with van der Waals surface area (Å²) in [6.45, 7) is 0. The van der Waals surface area contributed by atoms with Crippen molar-refractivity contribution in [2.75, 3.05) is 11.1 Å². The molecule has 3 aromatic rings. The summed E-state index contributed by atoms with van der Waals surface area (Å²) in [6.07, 6.45) is 8.36. The summed E-state index contributed by atoms with van der Waals surface area (Å²) in [7, 11) is 0. The Morgan fingerprint density at radius 3 is 2.67 bits per heavy atom. The fraction of sp³-hybridized carbons (Fsp3) is 0.429. The minimum absolute atomic E-state index is 0.113. The van der Waals surface area contributed by atoms with Gasteiger partial charge in [0.15, 0.2) is 11.0 Å². The van der Waals surface area contributed by atoms with E-state index in [2.05, 4.69) is 20.6 Å². The molecule has 156 valence electrons. The highest BCUT2D eigenvalue weighted by Gasteiger charge is 2.31. The number of rotatable bonds is 7. The third kappa shape index (κ3) is 3.86. The van der Waals surface area contributed by atoms with E-state index in [1.54, 1.807) is 24.4 Å². The quantitative estimate of drug-likeness (QED) is 0.565. The van der Waals surface area contributed by atoms with Crippen LogP contribution in [0.25, 0.3) is 11.4 Å². The predicted octanol–water partition coefficient (Wildman–Crippen LogP) is 4.46. The molecule has 2 aliphatic carbocycles. The molecule has 30 heavy (non-hydrogen) atoms. The molecule has 0 radical (unpaired) electrons. The van der Waals surface area contributed by atoms with Gasteiger partial charge in [-0.1, -0.05) is 36.7 Å². The number of thioether (sulfide) groups is 1. The Balaban J connectivity index is 1.29. The van der Waals surface area contributed by atoms with E-state index >= 15 is 0 Å². The van der Waals surface area contributed by atoms with Crippen LogP contribution in [0.3, 0.4) is 0 Å². The van der Waals surface area contributed by atoms with Gasteiger partial charge in [-0.2, -0.15) is 5.10 Å². The molecule has 9 heteroatoms. The largest absolute Gasteiger partial charge is 0.310 e. The average molecular weight is 427 g/mol. The fourth-order valence-corrected chi connectivity index (χ4v) is 4.83. The van der Waals surface area contributed by atoms with Gasteiger partial charge < -0.3 is 5.32 Å². The molecule has 1 amide bonds. The molecule has 0 aliphatic heterocycles. The molecule has 2 saturated carbocycles. The summed E-state index contributed by atoms with van der Waals surface area (Å²) in [5.74, 6) is 1.04. The number of amides is 1. The fourth-order valence-electron chi connectivity index (χ4n) is 4.03. The highest BCUT2D eigenvalue weighted by atomic mass is 32.2. The van der Waals surface area contributed by atoms with E-state index in [0.717, 1.165) is 31.5 Å². The number of hydrogen-bond donors (Lipinski definition) is 1. The second-order valence-electron chi connectivity index (χ2n) is 7.82. The second kappa shape index (κ2) is 8.22. The minimum atomic E-state index is -0.318. The van der Waals surface area contributed by atoms with E-state index in [1.165, 1.54) is 30.7 Å². The lowest BCUT2D eigenvalue weighted by molar-refractivity contribution is -0.113. The molecule has 1 aromatic carbocycles. The number of nitrogens with one attached hydrogen (secondary N) is 1. The van der Waals surface area contributed by atoms with Crippen molar-refractivity contribution in [1.29, 1.82) is 0 Å². The van der Waals surface area contributed by atoms with Crippen LogP contribution in [0.2, 0.25) is 0 Å². The Labute approximate surface area is 178 Å². The summed E-state index contributed by atoms with van der Waals surface area (Å²) < 4.78 is 18.2. The molecule has 2 aliphatic rings. The number of aromatic nitrogens is 5. The topological polar surface area (TPSA) is 77.6 Å². The van der Waals surface area contributed by atoms with Crippen molar-refractivity contribution < 1.29 is 9.18 Å². The monoisotopic (exact) mass is 426 g/mol. The van der Waals surface area contributed by atoms with Crippen molar-refractivity contribution in [2.24, 2.45) is 0 Å². The van der Waals surface area contributed by atoms with E-state index in [0.29, 0.717) is 22.6 Å². The molecule has 0 spiro atoms. The van der Waals surface area contributed by atoms with Gasteiger partial charge in [-0.15, -0.1) is 10.2 Å². The Hall–Kier alpha value is -2.68. The van der Waals surface area contributed by atoms with Crippen LogP contribution < -0.4 is 5.32 Å². The first-order valence-corrected chi connectivity index (χ1v) is 11.4. The Morgan fingerprint density at radius 1 is 1.10 bits per heavy atom. The molecule has 0 atom stereocenters. The normalized spacial score (nSPS) is 16.8. The molecular weight excluding hydrogens is 403 g/mol. The maximum atomic E-state index is 14.3. The second-order valence-corrected chi connectivity index (χ2v) is 8.77. The van der Waals surface area contributed by atoms with Crippen LogP contribution in [-0.2, 0) is 4.79 Å². The number of hydrogen-bond acceptors (Lipinski definition) is 5. The molecule has 7 nitrogen and oxygen atoms in total. The highest BCUT2D eigenvalue weighted by Crippen LogP contribution is 2.41. The molecule has 2 aromatic heterocycles. The van der Waals surface area contributed by atoms with Crippen molar-refractivity contribution in [2.45, 2.75) is 55.8 Å². The lowest BCUT2D eigenvalue weighted by Gasteiger charge is -2.14.